The monoisotopic (exact) mass is 443 g/mol. The Hall–Kier alpha value is -4.42. The summed E-state index contributed by atoms with van der Waals surface area (Å²) in [6, 6.07) is 16.1. The Labute approximate surface area is 186 Å². The van der Waals surface area contributed by atoms with Crippen molar-refractivity contribution in [2.75, 3.05) is 0 Å². The van der Waals surface area contributed by atoms with Crippen LogP contribution in [0.15, 0.2) is 79.0 Å². The van der Waals surface area contributed by atoms with Crippen LogP contribution in [0.2, 0.25) is 0 Å². The summed E-state index contributed by atoms with van der Waals surface area (Å²) in [6.45, 7) is 0. The highest BCUT2D eigenvalue weighted by Crippen LogP contribution is 2.29. The van der Waals surface area contributed by atoms with Gasteiger partial charge in [-0.3, -0.25) is 9.78 Å². The number of halogens is 4. The molecular weight excluding hydrogens is 430 g/mol. The lowest BCUT2D eigenvalue weighted by Gasteiger charge is -2.05. The number of pyridine rings is 1. The second-order valence-corrected chi connectivity index (χ2v) is 6.99. The highest BCUT2D eigenvalue weighted by atomic mass is 19.4. The average molecular weight is 443 g/mol. The molecule has 4 rings (SSSR count). The minimum Gasteiger partial charge on any atom is -0.255 e. The number of alkyl halides is 3. The number of aromatic nitrogens is 1. The fourth-order valence-corrected chi connectivity index (χ4v) is 3.09. The van der Waals surface area contributed by atoms with Crippen molar-refractivity contribution in [3.05, 3.63) is 112 Å². The maximum Gasteiger partial charge on any atom is 0.416 e. The lowest BCUT2D eigenvalue weighted by atomic mass is 10.0. The first-order valence-corrected chi connectivity index (χ1v) is 9.70. The lowest BCUT2D eigenvalue weighted by molar-refractivity contribution is -0.137. The minimum atomic E-state index is -4.39. The molecule has 33 heavy (non-hydrogen) atoms. The van der Waals surface area contributed by atoms with Crippen molar-refractivity contribution in [2.45, 2.75) is 6.18 Å². The number of rotatable bonds is 1. The molecule has 0 saturated carbocycles. The van der Waals surface area contributed by atoms with Crippen molar-refractivity contribution in [1.29, 1.82) is 0 Å². The van der Waals surface area contributed by atoms with E-state index in [-0.39, 0.29) is 5.56 Å². The third-order valence-electron chi connectivity index (χ3n) is 4.78. The Kier molecular flexibility index (Phi) is 5.93. The van der Waals surface area contributed by atoms with Crippen LogP contribution in [0.4, 0.5) is 17.6 Å². The summed E-state index contributed by atoms with van der Waals surface area (Å²) in [6.07, 6.45) is -2.76. The van der Waals surface area contributed by atoms with E-state index in [0.717, 1.165) is 17.5 Å². The molecule has 3 aromatic carbocycles. The predicted octanol–water partition coefficient (Wildman–Crippen LogP) is 6.16. The van der Waals surface area contributed by atoms with Crippen molar-refractivity contribution < 1.29 is 22.4 Å². The molecule has 0 aliphatic rings. The number of hydrogen-bond acceptors (Lipinski definition) is 2. The zero-order valence-electron chi connectivity index (χ0n) is 16.9. The van der Waals surface area contributed by atoms with E-state index in [9.17, 15) is 22.4 Å². The first-order chi connectivity index (χ1) is 15.8. The quantitative estimate of drug-likeness (QED) is 0.200. The zero-order valence-corrected chi connectivity index (χ0v) is 16.9. The highest BCUT2D eigenvalue weighted by Gasteiger charge is 2.29. The van der Waals surface area contributed by atoms with Crippen LogP contribution in [0.3, 0.4) is 0 Å². The SMILES string of the molecule is O=C(F)c1ccc(C#Cc2ccc(C#Cc3ccc(C(F)(F)F)cc3)c3cccnc23)cc1. The van der Waals surface area contributed by atoms with Crippen LogP contribution in [-0.4, -0.2) is 11.0 Å². The van der Waals surface area contributed by atoms with Crippen LogP contribution < -0.4 is 0 Å². The summed E-state index contributed by atoms with van der Waals surface area (Å²) in [4.78, 5) is 15.1. The summed E-state index contributed by atoms with van der Waals surface area (Å²) >= 11 is 0. The van der Waals surface area contributed by atoms with Crippen LogP contribution in [0, 0.1) is 23.7 Å². The van der Waals surface area contributed by atoms with Gasteiger partial charge in [0.05, 0.1) is 22.2 Å². The van der Waals surface area contributed by atoms with E-state index >= 15 is 0 Å². The molecular formula is C27H13F4NO. The molecule has 0 unspecified atom stereocenters. The third-order valence-corrected chi connectivity index (χ3v) is 4.78. The number of hydrogen-bond donors (Lipinski definition) is 0. The molecule has 0 amide bonds. The van der Waals surface area contributed by atoms with Crippen LogP contribution >= 0.6 is 0 Å². The molecule has 2 nitrogen and oxygen atoms in total. The maximum atomic E-state index is 12.7. The van der Waals surface area contributed by atoms with E-state index in [0.29, 0.717) is 27.8 Å². The minimum absolute atomic E-state index is 0.0383. The van der Waals surface area contributed by atoms with E-state index in [1.165, 1.54) is 24.3 Å². The molecule has 1 heterocycles. The van der Waals surface area contributed by atoms with Gasteiger partial charge in [-0.15, -0.1) is 0 Å². The Balaban J connectivity index is 1.66. The van der Waals surface area contributed by atoms with E-state index in [2.05, 4.69) is 28.7 Å². The van der Waals surface area contributed by atoms with Crippen molar-refractivity contribution in [2.24, 2.45) is 0 Å². The van der Waals surface area contributed by atoms with Gasteiger partial charge in [-0.25, -0.2) is 0 Å². The van der Waals surface area contributed by atoms with E-state index in [4.69, 9.17) is 0 Å². The highest BCUT2D eigenvalue weighted by molar-refractivity contribution is 5.90. The summed E-state index contributed by atoms with van der Waals surface area (Å²) in [5.74, 6) is 11.9. The largest absolute Gasteiger partial charge is 0.416 e. The van der Waals surface area contributed by atoms with Crippen molar-refractivity contribution >= 4 is 16.9 Å². The number of benzene rings is 3. The summed E-state index contributed by atoms with van der Waals surface area (Å²) in [7, 11) is 0. The maximum absolute atomic E-state index is 12.7. The second-order valence-electron chi connectivity index (χ2n) is 6.99. The molecule has 0 atom stereocenters. The zero-order chi connectivity index (χ0) is 23.4. The summed E-state index contributed by atoms with van der Waals surface area (Å²) in [5, 5.41) is 0.752. The van der Waals surface area contributed by atoms with Gasteiger partial charge >= 0.3 is 12.2 Å². The van der Waals surface area contributed by atoms with Gasteiger partial charge in [0, 0.05) is 28.3 Å². The number of fused-ring (bicyclic) bond motifs is 1. The summed E-state index contributed by atoms with van der Waals surface area (Å²) < 4.78 is 50.9. The fourth-order valence-electron chi connectivity index (χ4n) is 3.09. The van der Waals surface area contributed by atoms with Crippen LogP contribution in [0.25, 0.3) is 10.9 Å². The standard InChI is InChI=1S/C27H13F4NO/c28-26(33)22-11-5-18(6-12-22)4-10-21-14-13-20(24-2-1-17-32-25(21)24)9-3-19-7-15-23(16-8-19)27(29,30)31/h1-2,5-8,11-17H. The van der Waals surface area contributed by atoms with E-state index in [1.54, 1.807) is 36.5 Å². The second kappa shape index (κ2) is 8.98. The van der Waals surface area contributed by atoms with Gasteiger partial charge in [0.15, 0.2) is 0 Å². The first kappa shape index (κ1) is 21.8. The molecule has 4 aromatic rings. The summed E-state index contributed by atoms with van der Waals surface area (Å²) in [5.41, 5.74) is 2.24. The van der Waals surface area contributed by atoms with Gasteiger partial charge in [0.25, 0.3) is 0 Å². The van der Waals surface area contributed by atoms with Crippen LogP contribution in [-0.2, 0) is 6.18 Å². The third kappa shape index (κ3) is 5.08. The number of nitrogens with zero attached hydrogens (tertiary/aromatic N) is 1. The molecule has 0 aliphatic carbocycles. The van der Waals surface area contributed by atoms with Gasteiger partial charge in [-0.05, 0) is 72.8 Å². The Bertz CT molecular complexity index is 1460. The lowest BCUT2D eigenvalue weighted by Crippen LogP contribution is -2.04. The molecule has 6 heteroatoms. The Morgan fingerprint density at radius 1 is 0.727 bits per heavy atom. The van der Waals surface area contributed by atoms with Crippen molar-refractivity contribution in [1.82, 2.24) is 4.98 Å². The first-order valence-electron chi connectivity index (χ1n) is 9.70. The fraction of sp³-hybridized carbons (Fsp3) is 0.0370. The Morgan fingerprint density at radius 3 is 1.91 bits per heavy atom. The number of carbonyl (C=O) groups is 1. The molecule has 1 aromatic heterocycles. The van der Waals surface area contributed by atoms with Crippen LogP contribution in [0.5, 0.6) is 0 Å². The van der Waals surface area contributed by atoms with Gasteiger partial charge in [-0.1, -0.05) is 23.7 Å². The molecule has 0 aliphatic heterocycles. The molecule has 0 fully saturated rings. The molecule has 160 valence electrons. The number of carbonyl (C=O) groups excluding carboxylic acids is 1. The predicted molar refractivity (Wildman–Crippen MR) is 117 cm³/mol. The van der Waals surface area contributed by atoms with Gasteiger partial charge in [0.2, 0.25) is 0 Å². The Morgan fingerprint density at radius 2 is 1.30 bits per heavy atom. The van der Waals surface area contributed by atoms with Crippen LogP contribution in [0.1, 0.15) is 38.2 Å². The van der Waals surface area contributed by atoms with E-state index < -0.39 is 17.8 Å². The van der Waals surface area contributed by atoms with Gasteiger partial charge in [0.1, 0.15) is 0 Å². The average Bonchev–Trinajstić information content (AvgIpc) is 2.81. The van der Waals surface area contributed by atoms with Gasteiger partial charge in [-0.2, -0.15) is 17.6 Å². The molecule has 0 saturated heterocycles. The molecule has 0 N–H and O–H groups in total. The molecule has 0 bridgehead atoms. The topological polar surface area (TPSA) is 30.0 Å². The smallest absolute Gasteiger partial charge is 0.255 e. The van der Waals surface area contributed by atoms with E-state index in [1.807, 2.05) is 6.07 Å². The van der Waals surface area contributed by atoms with Crippen molar-refractivity contribution in [3.8, 4) is 23.7 Å². The normalized spacial score (nSPS) is 10.7. The molecule has 0 radical (unpaired) electrons. The van der Waals surface area contributed by atoms with Crippen molar-refractivity contribution in [3.63, 3.8) is 0 Å². The van der Waals surface area contributed by atoms with Gasteiger partial charge < -0.3 is 0 Å². The molecule has 0 spiro atoms.